The lowest BCUT2D eigenvalue weighted by molar-refractivity contribution is -0.115. The normalized spacial score (nSPS) is 10.9. The minimum atomic E-state index is -0.428. The van der Waals surface area contributed by atoms with Gasteiger partial charge in [-0.15, -0.1) is 0 Å². The molecule has 0 aliphatic carbocycles. The lowest BCUT2D eigenvalue weighted by Gasteiger charge is -2.05. The molecule has 7 nitrogen and oxygen atoms in total. The van der Waals surface area contributed by atoms with Crippen LogP contribution in [0.2, 0.25) is 0 Å². The van der Waals surface area contributed by atoms with Crippen LogP contribution in [-0.4, -0.2) is 25.7 Å². The van der Waals surface area contributed by atoms with Crippen LogP contribution in [0.3, 0.4) is 0 Å². The fourth-order valence-electron chi connectivity index (χ4n) is 2.71. The highest BCUT2D eigenvalue weighted by Crippen LogP contribution is 2.19. The molecule has 2 heterocycles. The molecule has 2 N–H and O–H groups in total. The molecule has 8 heteroatoms. The number of rotatable bonds is 4. The van der Waals surface area contributed by atoms with Gasteiger partial charge in [-0.1, -0.05) is 18.2 Å². The SMILES string of the molecule is O=C(Cc1n[nH]c(=O)c2cc(-c3ccc(F)cc3)nn12)Nc1ccccc1. The Bertz CT molecular complexity index is 1170. The highest BCUT2D eigenvalue weighted by molar-refractivity contribution is 5.91. The van der Waals surface area contributed by atoms with Crippen molar-refractivity contribution in [2.45, 2.75) is 6.42 Å². The number of hydrogen-bond donors (Lipinski definition) is 2. The minimum Gasteiger partial charge on any atom is -0.326 e. The maximum absolute atomic E-state index is 13.1. The third-order valence-electron chi connectivity index (χ3n) is 3.99. The van der Waals surface area contributed by atoms with E-state index in [0.717, 1.165) is 0 Å². The second-order valence-electron chi connectivity index (χ2n) is 5.89. The number of anilines is 1. The van der Waals surface area contributed by atoms with Crippen molar-refractivity contribution >= 4 is 17.1 Å². The first kappa shape index (κ1) is 16.6. The topological polar surface area (TPSA) is 92.2 Å². The Morgan fingerprint density at radius 2 is 1.85 bits per heavy atom. The number of H-pyrrole nitrogens is 1. The van der Waals surface area contributed by atoms with Crippen LogP contribution in [0.25, 0.3) is 16.8 Å². The first-order valence-electron chi connectivity index (χ1n) is 8.18. The molecule has 0 bridgehead atoms. The van der Waals surface area contributed by atoms with Gasteiger partial charge in [-0.25, -0.2) is 14.0 Å². The van der Waals surface area contributed by atoms with Crippen LogP contribution in [-0.2, 0) is 11.2 Å². The zero-order valence-corrected chi connectivity index (χ0v) is 14.0. The van der Waals surface area contributed by atoms with Crippen LogP contribution < -0.4 is 10.9 Å². The molecular formula is C19H14FN5O2. The van der Waals surface area contributed by atoms with Gasteiger partial charge in [0.2, 0.25) is 5.91 Å². The molecule has 0 aliphatic rings. The predicted octanol–water partition coefficient (Wildman–Crippen LogP) is 2.40. The van der Waals surface area contributed by atoms with Crippen LogP contribution in [0.5, 0.6) is 0 Å². The number of carbonyl (C=O) groups excluding carboxylic acids is 1. The molecule has 0 aliphatic heterocycles. The largest absolute Gasteiger partial charge is 0.326 e. The molecule has 4 aromatic rings. The Balaban J connectivity index is 1.67. The number of halogens is 1. The maximum atomic E-state index is 13.1. The van der Waals surface area contributed by atoms with Crippen molar-refractivity contribution < 1.29 is 9.18 Å². The van der Waals surface area contributed by atoms with Crippen molar-refractivity contribution in [2.24, 2.45) is 0 Å². The van der Waals surface area contributed by atoms with Gasteiger partial charge in [-0.05, 0) is 42.5 Å². The first-order chi connectivity index (χ1) is 13.1. The lowest BCUT2D eigenvalue weighted by atomic mass is 10.1. The van der Waals surface area contributed by atoms with Gasteiger partial charge in [-0.2, -0.15) is 10.2 Å². The molecule has 0 unspecified atom stereocenters. The number of aromatic nitrogens is 4. The predicted molar refractivity (Wildman–Crippen MR) is 97.8 cm³/mol. The third kappa shape index (κ3) is 3.45. The van der Waals surface area contributed by atoms with Gasteiger partial charge < -0.3 is 5.32 Å². The summed E-state index contributed by atoms with van der Waals surface area (Å²) in [6.45, 7) is 0. The van der Waals surface area contributed by atoms with Crippen LogP contribution in [0, 0.1) is 5.82 Å². The average Bonchev–Trinajstić information content (AvgIpc) is 3.12. The molecule has 0 atom stereocenters. The standard InChI is InChI=1S/C19H14FN5O2/c20-13-8-6-12(7-9-13)15-10-16-19(27)23-22-17(25(16)24-15)11-18(26)21-14-4-2-1-3-5-14/h1-10H,11H2,(H,21,26)(H,23,27). The Labute approximate surface area is 152 Å². The van der Waals surface area contributed by atoms with E-state index < -0.39 is 5.56 Å². The van der Waals surface area contributed by atoms with Crippen molar-refractivity contribution in [2.75, 3.05) is 5.32 Å². The van der Waals surface area contributed by atoms with E-state index >= 15 is 0 Å². The Morgan fingerprint density at radius 1 is 1.11 bits per heavy atom. The molecule has 0 saturated heterocycles. The van der Waals surface area contributed by atoms with E-state index in [1.165, 1.54) is 16.6 Å². The highest BCUT2D eigenvalue weighted by atomic mass is 19.1. The molecule has 27 heavy (non-hydrogen) atoms. The highest BCUT2D eigenvalue weighted by Gasteiger charge is 2.15. The zero-order valence-electron chi connectivity index (χ0n) is 14.0. The van der Waals surface area contributed by atoms with Gasteiger partial charge in [0.15, 0.2) is 5.82 Å². The minimum absolute atomic E-state index is 0.0767. The number of hydrogen-bond acceptors (Lipinski definition) is 4. The Hall–Kier alpha value is -3.81. The first-order valence-corrected chi connectivity index (χ1v) is 8.18. The van der Waals surface area contributed by atoms with Crippen LogP contribution in [0.15, 0.2) is 65.5 Å². The van der Waals surface area contributed by atoms with Crippen molar-refractivity contribution in [3.8, 4) is 11.3 Å². The summed E-state index contributed by atoms with van der Waals surface area (Å²) in [5.41, 5.74) is 1.63. The molecule has 2 aromatic heterocycles. The van der Waals surface area contributed by atoms with Crippen molar-refractivity contribution in [1.29, 1.82) is 0 Å². The lowest BCUT2D eigenvalue weighted by Crippen LogP contribution is -2.22. The number of fused-ring (bicyclic) bond motifs is 1. The maximum Gasteiger partial charge on any atom is 0.290 e. The van der Waals surface area contributed by atoms with Crippen LogP contribution in [0.1, 0.15) is 5.82 Å². The van der Waals surface area contributed by atoms with Crippen molar-refractivity contribution in [3.05, 3.63) is 82.7 Å². The van der Waals surface area contributed by atoms with Gasteiger partial charge in [0.1, 0.15) is 11.3 Å². The van der Waals surface area contributed by atoms with Gasteiger partial charge in [0.05, 0.1) is 12.1 Å². The summed E-state index contributed by atoms with van der Waals surface area (Å²) in [4.78, 5) is 24.4. The summed E-state index contributed by atoms with van der Waals surface area (Å²) < 4.78 is 14.5. The summed E-state index contributed by atoms with van der Waals surface area (Å²) >= 11 is 0. The molecule has 4 rings (SSSR count). The third-order valence-corrected chi connectivity index (χ3v) is 3.99. The summed E-state index contributed by atoms with van der Waals surface area (Å²) in [6, 6.07) is 16.4. The van der Waals surface area contributed by atoms with Crippen LogP contribution in [0.4, 0.5) is 10.1 Å². The summed E-state index contributed by atoms with van der Waals surface area (Å²) in [7, 11) is 0. The quantitative estimate of drug-likeness (QED) is 0.582. The molecule has 1 amide bonds. The molecular weight excluding hydrogens is 349 g/mol. The van der Waals surface area contributed by atoms with Crippen LogP contribution >= 0.6 is 0 Å². The summed E-state index contributed by atoms with van der Waals surface area (Å²) in [5.74, 6) is -0.368. The second kappa shape index (κ2) is 6.83. The molecule has 0 fully saturated rings. The van der Waals surface area contributed by atoms with Crippen molar-refractivity contribution in [3.63, 3.8) is 0 Å². The van der Waals surface area contributed by atoms with E-state index in [4.69, 9.17) is 0 Å². The number of aromatic amines is 1. The van der Waals surface area contributed by atoms with E-state index in [1.54, 1.807) is 30.3 Å². The number of benzene rings is 2. The fraction of sp³-hybridized carbons (Fsp3) is 0.0526. The number of amides is 1. The van der Waals surface area contributed by atoms with Crippen molar-refractivity contribution in [1.82, 2.24) is 19.8 Å². The number of para-hydroxylation sites is 1. The van der Waals surface area contributed by atoms with E-state index in [1.807, 2.05) is 18.2 Å². The van der Waals surface area contributed by atoms with Gasteiger partial charge in [0.25, 0.3) is 5.56 Å². The molecule has 0 radical (unpaired) electrons. The van der Waals surface area contributed by atoms with Gasteiger partial charge >= 0.3 is 0 Å². The van der Waals surface area contributed by atoms with Gasteiger partial charge in [-0.3, -0.25) is 9.59 Å². The summed E-state index contributed by atoms with van der Waals surface area (Å²) in [5, 5.41) is 13.5. The fourth-order valence-corrected chi connectivity index (χ4v) is 2.71. The Kier molecular flexibility index (Phi) is 4.21. The smallest absolute Gasteiger partial charge is 0.290 e. The molecule has 134 valence electrons. The molecule has 0 spiro atoms. The zero-order chi connectivity index (χ0) is 18.8. The van der Waals surface area contributed by atoms with E-state index in [0.29, 0.717) is 16.9 Å². The second-order valence-corrected chi connectivity index (χ2v) is 5.89. The molecule has 0 saturated carbocycles. The summed E-state index contributed by atoms with van der Waals surface area (Å²) in [6.07, 6.45) is -0.0767. The van der Waals surface area contributed by atoms with Gasteiger partial charge in [0, 0.05) is 11.3 Å². The number of carbonyl (C=O) groups is 1. The monoisotopic (exact) mass is 363 g/mol. The van der Waals surface area contributed by atoms with E-state index in [9.17, 15) is 14.0 Å². The molecule has 2 aromatic carbocycles. The number of nitrogens with one attached hydrogen (secondary N) is 2. The number of nitrogens with zero attached hydrogens (tertiary/aromatic N) is 3. The average molecular weight is 363 g/mol. The van der Waals surface area contributed by atoms with E-state index in [2.05, 4.69) is 20.6 Å². The Morgan fingerprint density at radius 3 is 2.59 bits per heavy atom. The van der Waals surface area contributed by atoms with E-state index in [-0.39, 0.29) is 29.5 Å².